The van der Waals surface area contributed by atoms with Gasteiger partial charge in [0.1, 0.15) is 0 Å². The maximum Gasteiger partial charge on any atom is 0.336 e. The SMILES string of the molecule is O=C(O)c1ccccc1-c1ccc([C@H]2CCCCCN2)cc1. The third-order valence-corrected chi connectivity index (χ3v) is 4.34. The lowest BCUT2D eigenvalue weighted by Crippen LogP contribution is -2.20. The Bertz CT molecular complexity index is 641. The van der Waals surface area contributed by atoms with Crippen molar-refractivity contribution in [2.75, 3.05) is 6.54 Å². The summed E-state index contributed by atoms with van der Waals surface area (Å²) in [6, 6.07) is 15.9. The van der Waals surface area contributed by atoms with Gasteiger partial charge in [-0.3, -0.25) is 0 Å². The molecule has 0 amide bonds. The summed E-state index contributed by atoms with van der Waals surface area (Å²) in [6.45, 7) is 1.08. The lowest BCUT2D eigenvalue weighted by Gasteiger charge is -2.17. The summed E-state index contributed by atoms with van der Waals surface area (Å²) in [4.78, 5) is 11.3. The molecule has 1 aliphatic heterocycles. The predicted molar refractivity (Wildman–Crippen MR) is 88.0 cm³/mol. The van der Waals surface area contributed by atoms with Crippen LogP contribution in [0.2, 0.25) is 0 Å². The van der Waals surface area contributed by atoms with Crippen molar-refractivity contribution in [1.29, 1.82) is 0 Å². The van der Waals surface area contributed by atoms with E-state index in [1.165, 1.54) is 31.2 Å². The van der Waals surface area contributed by atoms with Gasteiger partial charge in [0.25, 0.3) is 0 Å². The van der Waals surface area contributed by atoms with E-state index in [1.807, 2.05) is 24.3 Å². The third kappa shape index (κ3) is 3.20. The van der Waals surface area contributed by atoms with E-state index in [2.05, 4.69) is 17.4 Å². The van der Waals surface area contributed by atoms with Crippen LogP contribution in [0.1, 0.15) is 47.6 Å². The van der Waals surface area contributed by atoms with E-state index in [0.29, 0.717) is 11.6 Å². The Morgan fingerprint density at radius 3 is 2.55 bits per heavy atom. The lowest BCUT2D eigenvalue weighted by atomic mass is 9.96. The maximum absolute atomic E-state index is 11.3. The zero-order valence-electron chi connectivity index (χ0n) is 12.6. The maximum atomic E-state index is 11.3. The Hall–Kier alpha value is -2.13. The average molecular weight is 295 g/mol. The monoisotopic (exact) mass is 295 g/mol. The number of nitrogens with one attached hydrogen (secondary N) is 1. The van der Waals surface area contributed by atoms with Crippen molar-refractivity contribution in [1.82, 2.24) is 5.32 Å². The molecule has 1 aliphatic rings. The van der Waals surface area contributed by atoms with Crippen LogP contribution in [0.15, 0.2) is 48.5 Å². The largest absolute Gasteiger partial charge is 0.478 e. The lowest BCUT2D eigenvalue weighted by molar-refractivity contribution is 0.0697. The average Bonchev–Trinajstić information content (AvgIpc) is 2.84. The number of hydrogen-bond acceptors (Lipinski definition) is 2. The van der Waals surface area contributed by atoms with Crippen LogP contribution >= 0.6 is 0 Å². The van der Waals surface area contributed by atoms with Gasteiger partial charge < -0.3 is 10.4 Å². The normalized spacial score (nSPS) is 18.6. The highest BCUT2D eigenvalue weighted by molar-refractivity contribution is 5.95. The molecule has 3 heteroatoms. The molecule has 3 rings (SSSR count). The Morgan fingerprint density at radius 1 is 1.00 bits per heavy atom. The van der Waals surface area contributed by atoms with Crippen LogP contribution < -0.4 is 5.32 Å². The smallest absolute Gasteiger partial charge is 0.336 e. The van der Waals surface area contributed by atoms with Gasteiger partial charge in [0.15, 0.2) is 0 Å². The highest BCUT2D eigenvalue weighted by atomic mass is 16.4. The molecule has 2 aromatic rings. The summed E-state index contributed by atoms with van der Waals surface area (Å²) in [7, 11) is 0. The highest BCUT2D eigenvalue weighted by Gasteiger charge is 2.15. The van der Waals surface area contributed by atoms with Crippen molar-refractivity contribution in [3.8, 4) is 11.1 Å². The predicted octanol–water partition coefficient (Wildman–Crippen LogP) is 4.26. The first-order valence-electron chi connectivity index (χ1n) is 7.92. The quantitative estimate of drug-likeness (QED) is 0.889. The van der Waals surface area contributed by atoms with Gasteiger partial charge in [-0.1, -0.05) is 55.3 Å². The molecule has 1 fully saturated rings. The molecular weight excluding hydrogens is 274 g/mol. The molecule has 0 unspecified atom stereocenters. The van der Waals surface area contributed by atoms with Crippen LogP contribution in [-0.2, 0) is 0 Å². The van der Waals surface area contributed by atoms with Gasteiger partial charge in [0.2, 0.25) is 0 Å². The molecule has 0 radical (unpaired) electrons. The molecule has 114 valence electrons. The number of carboxylic acid groups (broad SMARTS) is 1. The molecule has 0 aromatic heterocycles. The van der Waals surface area contributed by atoms with Gasteiger partial charge in [0.05, 0.1) is 5.56 Å². The number of benzene rings is 2. The topological polar surface area (TPSA) is 49.3 Å². The number of carboxylic acids is 1. The molecule has 0 saturated carbocycles. The highest BCUT2D eigenvalue weighted by Crippen LogP contribution is 2.27. The van der Waals surface area contributed by atoms with Crippen molar-refractivity contribution < 1.29 is 9.90 Å². The summed E-state index contributed by atoms with van der Waals surface area (Å²) in [5.41, 5.74) is 3.37. The fraction of sp³-hybridized carbons (Fsp3) is 0.316. The van der Waals surface area contributed by atoms with E-state index in [1.54, 1.807) is 12.1 Å². The fourth-order valence-corrected chi connectivity index (χ4v) is 3.13. The molecule has 2 N–H and O–H groups in total. The van der Waals surface area contributed by atoms with E-state index in [9.17, 15) is 9.90 Å². The second kappa shape index (κ2) is 6.75. The zero-order valence-corrected chi connectivity index (χ0v) is 12.6. The number of carbonyl (C=O) groups is 1. The first kappa shape index (κ1) is 14.8. The minimum atomic E-state index is -0.884. The fourth-order valence-electron chi connectivity index (χ4n) is 3.13. The van der Waals surface area contributed by atoms with Crippen LogP contribution in [0.25, 0.3) is 11.1 Å². The summed E-state index contributed by atoms with van der Waals surface area (Å²) >= 11 is 0. The number of rotatable bonds is 3. The first-order chi connectivity index (χ1) is 10.8. The molecule has 0 spiro atoms. The van der Waals surface area contributed by atoms with Crippen molar-refractivity contribution in [2.45, 2.75) is 31.7 Å². The van der Waals surface area contributed by atoms with E-state index < -0.39 is 5.97 Å². The molecular formula is C19H21NO2. The Kier molecular flexibility index (Phi) is 4.54. The second-order valence-corrected chi connectivity index (χ2v) is 5.83. The summed E-state index contributed by atoms with van der Waals surface area (Å²) in [5.74, 6) is -0.884. The molecule has 0 bridgehead atoms. The van der Waals surface area contributed by atoms with Crippen molar-refractivity contribution in [3.63, 3.8) is 0 Å². The van der Waals surface area contributed by atoms with E-state index in [0.717, 1.165) is 17.7 Å². The molecule has 22 heavy (non-hydrogen) atoms. The first-order valence-corrected chi connectivity index (χ1v) is 7.92. The molecule has 2 aromatic carbocycles. The van der Waals surface area contributed by atoms with Crippen LogP contribution in [0.3, 0.4) is 0 Å². The molecule has 1 saturated heterocycles. The molecule has 3 nitrogen and oxygen atoms in total. The van der Waals surface area contributed by atoms with Gasteiger partial charge >= 0.3 is 5.97 Å². The number of hydrogen-bond donors (Lipinski definition) is 2. The summed E-state index contributed by atoms with van der Waals surface area (Å²) in [5, 5.41) is 12.9. The number of aromatic carboxylic acids is 1. The van der Waals surface area contributed by atoms with Crippen molar-refractivity contribution >= 4 is 5.97 Å². The third-order valence-electron chi connectivity index (χ3n) is 4.34. The summed E-state index contributed by atoms with van der Waals surface area (Å²) < 4.78 is 0. The molecule has 0 aliphatic carbocycles. The Morgan fingerprint density at radius 2 is 1.77 bits per heavy atom. The van der Waals surface area contributed by atoms with E-state index >= 15 is 0 Å². The van der Waals surface area contributed by atoms with Gasteiger partial charge in [-0.2, -0.15) is 0 Å². The van der Waals surface area contributed by atoms with E-state index in [4.69, 9.17) is 0 Å². The van der Waals surface area contributed by atoms with Crippen LogP contribution in [0.4, 0.5) is 0 Å². The van der Waals surface area contributed by atoms with Gasteiger partial charge in [-0.15, -0.1) is 0 Å². The van der Waals surface area contributed by atoms with E-state index in [-0.39, 0.29) is 0 Å². The Balaban J connectivity index is 1.87. The van der Waals surface area contributed by atoms with Crippen LogP contribution in [0, 0.1) is 0 Å². The van der Waals surface area contributed by atoms with Crippen LogP contribution in [-0.4, -0.2) is 17.6 Å². The van der Waals surface area contributed by atoms with Crippen LogP contribution in [0.5, 0.6) is 0 Å². The zero-order chi connectivity index (χ0) is 15.4. The van der Waals surface area contributed by atoms with Gasteiger partial charge in [-0.25, -0.2) is 4.79 Å². The minimum Gasteiger partial charge on any atom is -0.478 e. The summed E-state index contributed by atoms with van der Waals surface area (Å²) in [6.07, 6.45) is 4.99. The van der Waals surface area contributed by atoms with Gasteiger partial charge in [-0.05, 0) is 42.1 Å². The molecule has 1 heterocycles. The van der Waals surface area contributed by atoms with Gasteiger partial charge in [0, 0.05) is 6.04 Å². The second-order valence-electron chi connectivity index (χ2n) is 5.83. The van der Waals surface area contributed by atoms with Crippen molar-refractivity contribution in [2.24, 2.45) is 0 Å². The molecule has 1 atom stereocenters. The Labute approximate surface area is 131 Å². The standard InChI is InChI=1S/C19H21NO2/c21-19(22)17-7-4-3-6-16(17)14-9-11-15(12-10-14)18-8-2-1-5-13-20-18/h3-4,6-7,9-12,18,20H,1-2,5,8,13H2,(H,21,22)/t18-/m1/s1. The minimum absolute atomic E-state index is 0.350. The van der Waals surface area contributed by atoms with Crippen molar-refractivity contribution in [3.05, 3.63) is 59.7 Å².